The molecule has 1 aliphatic heterocycles. The Morgan fingerprint density at radius 2 is 2.15 bits per heavy atom. The van der Waals surface area contributed by atoms with Gasteiger partial charge in [0.05, 0.1) is 10.6 Å². The second kappa shape index (κ2) is 2.56. The van der Waals surface area contributed by atoms with Crippen LogP contribution in [-0.2, 0) is 9.84 Å². The summed E-state index contributed by atoms with van der Waals surface area (Å²) in [6.07, 6.45) is 0. The fourth-order valence-corrected chi connectivity index (χ4v) is 3.33. The number of rotatable bonds is 0. The van der Waals surface area contributed by atoms with Crippen molar-refractivity contribution in [1.82, 2.24) is 0 Å². The zero-order valence-corrected chi connectivity index (χ0v) is 8.14. The predicted octanol–water partition coefficient (Wildman–Crippen LogP) is 0.782. The topological polar surface area (TPSA) is 60.2 Å². The summed E-state index contributed by atoms with van der Waals surface area (Å²) < 4.78 is 23.0. The molecule has 0 aromatic heterocycles. The van der Waals surface area contributed by atoms with E-state index in [9.17, 15) is 8.42 Å². The number of fused-ring (bicyclic) bond motifs is 1. The van der Waals surface area contributed by atoms with Gasteiger partial charge >= 0.3 is 0 Å². The van der Waals surface area contributed by atoms with Crippen molar-refractivity contribution in [2.75, 3.05) is 5.75 Å². The summed E-state index contributed by atoms with van der Waals surface area (Å²) in [6, 6.07) is 4.95. The molecule has 1 aromatic rings. The third-order valence-electron chi connectivity index (χ3n) is 2.30. The molecule has 0 saturated carbocycles. The molecule has 1 aliphatic rings. The number of nitrogens with two attached hydrogens (primary N) is 1. The summed E-state index contributed by atoms with van der Waals surface area (Å²) in [4.78, 5) is 0.408. The fraction of sp³-hybridized carbons (Fsp3) is 0.333. The first kappa shape index (κ1) is 8.72. The Morgan fingerprint density at radius 1 is 1.46 bits per heavy atom. The summed E-state index contributed by atoms with van der Waals surface area (Å²) in [7, 11) is -3.10. The van der Waals surface area contributed by atoms with Crippen molar-refractivity contribution in [3.63, 3.8) is 0 Å². The maximum Gasteiger partial charge on any atom is 0.180 e. The molecule has 13 heavy (non-hydrogen) atoms. The lowest BCUT2D eigenvalue weighted by Gasteiger charge is -2.02. The molecule has 1 heterocycles. The zero-order valence-electron chi connectivity index (χ0n) is 7.32. The Labute approximate surface area is 77.5 Å². The van der Waals surface area contributed by atoms with Gasteiger partial charge in [-0.05, 0) is 18.6 Å². The number of aryl methyl sites for hydroxylation is 1. The van der Waals surface area contributed by atoms with Crippen LogP contribution in [0.3, 0.4) is 0 Å². The lowest BCUT2D eigenvalue weighted by Crippen LogP contribution is -2.12. The number of sulfone groups is 1. The van der Waals surface area contributed by atoms with Crippen LogP contribution < -0.4 is 5.73 Å². The maximum absolute atomic E-state index is 11.5. The van der Waals surface area contributed by atoms with Crippen molar-refractivity contribution < 1.29 is 8.42 Å². The Bertz CT molecular complexity index is 451. The minimum atomic E-state index is -3.10. The molecule has 0 amide bonds. The minimum absolute atomic E-state index is 0.0474. The SMILES string of the molecule is Cc1ccc2c(c1)C(N)CS2(=O)=O. The van der Waals surface area contributed by atoms with Crippen LogP contribution in [0, 0.1) is 6.92 Å². The van der Waals surface area contributed by atoms with Crippen LogP contribution in [0.5, 0.6) is 0 Å². The maximum atomic E-state index is 11.5. The van der Waals surface area contributed by atoms with Crippen molar-refractivity contribution in [1.29, 1.82) is 0 Å². The van der Waals surface area contributed by atoms with Crippen molar-refractivity contribution in [2.24, 2.45) is 5.73 Å². The normalized spacial score (nSPS) is 24.3. The Morgan fingerprint density at radius 3 is 2.85 bits per heavy atom. The molecule has 0 saturated heterocycles. The summed E-state index contributed by atoms with van der Waals surface area (Å²) in [5.41, 5.74) is 7.52. The Hall–Kier alpha value is -0.870. The van der Waals surface area contributed by atoms with Crippen LogP contribution in [0.25, 0.3) is 0 Å². The zero-order chi connectivity index (χ0) is 9.64. The van der Waals surface area contributed by atoms with Crippen LogP contribution in [0.15, 0.2) is 23.1 Å². The van der Waals surface area contributed by atoms with Crippen molar-refractivity contribution in [3.05, 3.63) is 29.3 Å². The molecule has 70 valence electrons. The van der Waals surface area contributed by atoms with E-state index in [2.05, 4.69) is 0 Å². The molecule has 0 aliphatic carbocycles. The minimum Gasteiger partial charge on any atom is -0.323 e. The van der Waals surface area contributed by atoms with Crippen LogP contribution >= 0.6 is 0 Å². The number of hydrogen-bond donors (Lipinski definition) is 1. The quantitative estimate of drug-likeness (QED) is 0.668. The monoisotopic (exact) mass is 197 g/mol. The van der Waals surface area contributed by atoms with Gasteiger partial charge in [0, 0.05) is 6.04 Å². The lowest BCUT2D eigenvalue weighted by atomic mass is 10.1. The van der Waals surface area contributed by atoms with Crippen molar-refractivity contribution in [3.8, 4) is 0 Å². The third-order valence-corrected chi connectivity index (χ3v) is 4.14. The molecule has 2 rings (SSSR count). The van der Waals surface area contributed by atoms with E-state index in [0.717, 1.165) is 11.1 Å². The van der Waals surface area contributed by atoms with Gasteiger partial charge in [0.15, 0.2) is 9.84 Å². The molecule has 1 unspecified atom stereocenters. The molecule has 0 bridgehead atoms. The molecule has 1 aromatic carbocycles. The van der Waals surface area contributed by atoms with E-state index in [0.29, 0.717) is 4.90 Å². The lowest BCUT2D eigenvalue weighted by molar-refractivity contribution is 0.598. The van der Waals surface area contributed by atoms with Gasteiger partial charge in [0.1, 0.15) is 0 Å². The highest BCUT2D eigenvalue weighted by atomic mass is 32.2. The van der Waals surface area contributed by atoms with Crippen LogP contribution in [-0.4, -0.2) is 14.2 Å². The van der Waals surface area contributed by atoms with E-state index in [1.807, 2.05) is 13.0 Å². The fourth-order valence-electron chi connectivity index (χ4n) is 1.66. The van der Waals surface area contributed by atoms with Gasteiger partial charge in [-0.1, -0.05) is 17.7 Å². The molecular formula is C9H11NO2S. The summed E-state index contributed by atoms with van der Waals surface area (Å²) in [5, 5.41) is 0. The average molecular weight is 197 g/mol. The van der Waals surface area contributed by atoms with Gasteiger partial charge in [-0.3, -0.25) is 0 Å². The second-order valence-electron chi connectivity index (χ2n) is 3.43. The van der Waals surface area contributed by atoms with E-state index >= 15 is 0 Å². The summed E-state index contributed by atoms with van der Waals surface area (Å²) in [6.45, 7) is 1.93. The first-order valence-corrected chi connectivity index (χ1v) is 5.75. The van der Waals surface area contributed by atoms with E-state index in [1.165, 1.54) is 0 Å². The smallest absolute Gasteiger partial charge is 0.180 e. The third kappa shape index (κ3) is 1.26. The van der Waals surface area contributed by atoms with Gasteiger partial charge in [-0.2, -0.15) is 0 Å². The van der Waals surface area contributed by atoms with Gasteiger partial charge < -0.3 is 5.73 Å². The highest BCUT2D eigenvalue weighted by molar-refractivity contribution is 7.91. The van der Waals surface area contributed by atoms with E-state index in [-0.39, 0.29) is 11.8 Å². The molecule has 0 fully saturated rings. The molecule has 2 N–H and O–H groups in total. The molecule has 0 spiro atoms. The van der Waals surface area contributed by atoms with Crippen LogP contribution in [0.2, 0.25) is 0 Å². The van der Waals surface area contributed by atoms with E-state index < -0.39 is 9.84 Å². The molecular weight excluding hydrogens is 186 g/mol. The van der Waals surface area contributed by atoms with Gasteiger partial charge in [0.25, 0.3) is 0 Å². The first-order chi connectivity index (χ1) is 6.00. The standard InChI is InChI=1S/C9H11NO2S/c1-6-2-3-9-7(4-6)8(10)5-13(9,11)12/h2-4,8H,5,10H2,1H3. The molecule has 0 radical (unpaired) electrons. The molecule has 3 nitrogen and oxygen atoms in total. The van der Waals surface area contributed by atoms with Crippen LogP contribution in [0.1, 0.15) is 17.2 Å². The van der Waals surface area contributed by atoms with Gasteiger partial charge in [-0.15, -0.1) is 0 Å². The Kier molecular flexibility index (Phi) is 1.72. The van der Waals surface area contributed by atoms with E-state index in [1.54, 1.807) is 12.1 Å². The predicted molar refractivity (Wildman–Crippen MR) is 50.2 cm³/mol. The highest BCUT2D eigenvalue weighted by Gasteiger charge is 2.31. The van der Waals surface area contributed by atoms with Gasteiger partial charge in [-0.25, -0.2) is 8.42 Å². The van der Waals surface area contributed by atoms with Crippen molar-refractivity contribution >= 4 is 9.84 Å². The first-order valence-electron chi connectivity index (χ1n) is 4.09. The molecule has 4 heteroatoms. The average Bonchev–Trinajstić information content (AvgIpc) is 2.22. The van der Waals surface area contributed by atoms with Crippen LogP contribution in [0.4, 0.5) is 0 Å². The molecule has 1 atom stereocenters. The van der Waals surface area contributed by atoms with E-state index in [4.69, 9.17) is 5.73 Å². The largest absolute Gasteiger partial charge is 0.323 e. The number of hydrogen-bond acceptors (Lipinski definition) is 3. The number of benzene rings is 1. The van der Waals surface area contributed by atoms with Gasteiger partial charge in [0.2, 0.25) is 0 Å². The Balaban J connectivity index is 2.73. The summed E-state index contributed by atoms with van der Waals surface area (Å²) >= 11 is 0. The van der Waals surface area contributed by atoms with Crippen molar-refractivity contribution in [2.45, 2.75) is 17.9 Å². The second-order valence-corrected chi connectivity index (χ2v) is 5.43. The highest BCUT2D eigenvalue weighted by Crippen LogP contribution is 2.32. The summed E-state index contributed by atoms with van der Waals surface area (Å²) in [5.74, 6) is 0.0474.